The highest BCUT2D eigenvalue weighted by Gasteiger charge is 2.32. The Morgan fingerprint density at radius 1 is 1.40 bits per heavy atom. The van der Waals surface area contributed by atoms with Gasteiger partial charge in [0.25, 0.3) is 0 Å². The van der Waals surface area contributed by atoms with E-state index in [1.54, 1.807) is 4.90 Å². The second-order valence-electron chi connectivity index (χ2n) is 5.72. The Hall–Kier alpha value is -0.660. The van der Waals surface area contributed by atoms with Crippen LogP contribution in [0.25, 0.3) is 0 Å². The maximum Gasteiger partial charge on any atom is 0.317 e. The monoisotopic (exact) mass is 307 g/mol. The molecule has 0 aromatic rings. The fourth-order valence-electron chi connectivity index (χ4n) is 2.23. The van der Waals surface area contributed by atoms with E-state index in [1.807, 2.05) is 0 Å². The average Bonchev–Trinajstić information content (AvgIpc) is 2.67. The number of rotatable bonds is 9. The summed E-state index contributed by atoms with van der Waals surface area (Å²) in [6, 6.07) is -0.190. The molecule has 1 unspecified atom stereocenters. The minimum absolute atomic E-state index is 0.0618. The van der Waals surface area contributed by atoms with Gasteiger partial charge < -0.3 is 9.84 Å². The summed E-state index contributed by atoms with van der Waals surface area (Å²) in [5.74, 6) is -0.143. The molecule has 0 amide bonds. The summed E-state index contributed by atoms with van der Waals surface area (Å²) >= 11 is 0. The molecule has 7 heteroatoms. The number of nitrogens with zero attached hydrogens (tertiary/aromatic N) is 1. The van der Waals surface area contributed by atoms with Crippen molar-refractivity contribution in [2.75, 3.05) is 37.8 Å². The van der Waals surface area contributed by atoms with Gasteiger partial charge in [0.1, 0.15) is 0 Å². The van der Waals surface area contributed by atoms with Crippen molar-refractivity contribution in [3.63, 3.8) is 0 Å². The van der Waals surface area contributed by atoms with Crippen LogP contribution in [0.1, 0.15) is 26.7 Å². The zero-order valence-corrected chi connectivity index (χ0v) is 13.1. The number of hydrogen-bond acceptors (Lipinski definition) is 5. The summed E-state index contributed by atoms with van der Waals surface area (Å²) in [4.78, 5) is 12.6. The first-order valence-corrected chi connectivity index (χ1v) is 8.86. The second kappa shape index (κ2) is 7.95. The van der Waals surface area contributed by atoms with Crippen LogP contribution in [0.3, 0.4) is 0 Å². The first kappa shape index (κ1) is 17.4. The minimum Gasteiger partial charge on any atom is -0.480 e. The molecule has 1 N–H and O–H groups in total. The number of ether oxygens (including phenoxy) is 1. The Labute approximate surface area is 121 Å². The van der Waals surface area contributed by atoms with Gasteiger partial charge >= 0.3 is 5.97 Å². The van der Waals surface area contributed by atoms with Crippen molar-refractivity contribution in [2.45, 2.75) is 32.7 Å². The van der Waals surface area contributed by atoms with E-state index >= 15 is 0 Å². The third kappa shape index (κ3) is 6.67. The summed E-state index contributed by atoms with van der Waals surface area (Å²) < 4.78 is 28.4. The number of aliphatic carboxylic acids is 1. The molecule has 0 aromatic heterocycles. The standard InChI is InChI=1S/C13H25NO5S/c1-11(2)3-6-19-7-5-14(9-13(15)16)12-4-8-20(17,18)10-12/h11-12H,3-10H2,1-2H3,(H,15,16). The van der Waals surface area contributed by atoms with E-state index in [2.05, 4.69) is 13.8 Å². The van der Waals surface area contributed by atoms with Crippen molar-refractivity contribution in [1.82, 2.24) is 4.90 Å². The fourth-order valence-corrected chi connectivity index (χ4v) is 3.99. The van der Waals surface area contributed by atoms with Crippen LogP contribution in [-0.2, 0) is 19.4 Å². The Morgan fingerprint density at radius 2 is 2.10 bits per heavy atom. The molecule has 0 spiro atoms. The van der Waals surface area contributed by atoms with Crippen LogP contribution in [0.4, 0.5) is 0 Å². The lowest BCUT2D eigenvalue weighted by Crippen LogP contribution is -2.41. The molecule has 118 valence electrons. The number of carboxylic acids is 1. The fraction of sp³-hybridized carbons (Fsp3) is 0.923. The third-order valence-electron chi connectivity index (χ3n) is 3.43. The largest absolute Gasteiger partial charge is 0.480 e. The SMILES string of the molecule is CC(C)CCOCCN(CC(=O)O)C1CCS(=O)(=O)C1. The highest BCUT2D eigenvalue weighted by atomic mass is 32.2. The van der Waals surface area contributed by atoms with Crippen molar-refractivity contribution in [3.8, 4) is 0 Å². The van der Waals surface area contributed by atoms with Gasteiger partial charge in [0.2, 0.25) is 0 Å². The summed E-state index contributed by atoms with van der Waals surface area (Å²) in [5, 5.41) is 8.92. The maximum atomic E-state index is 11.5. The van der Waals surface area contributed by atoms with Gasteiger partial charge in [-0.05, 0) is 18.8 Å². The topological polar surface area (TPSA) is 83.9 Å². The van der Waals surface area contributed by atoms with E-state index in [9.17, 15) is 13.2 Å². The van der Waals surface area contributed by atoms with E-state index in [0.29, 0.717) is 32.1 Å². The van der Waals surface area contributed by atoms with Gasteiger partial charge in [-0.3, -0.25) is 9.69 Å². The highest BCUT2D eigenvalue weighted by molar-refractivity contribution is 7.91. The van der Waals surface area contributed by atoms with Gasteiger partial charge in [0.15, 0.2) is 9.84 Å². The summed E-state index contributed by atoms with van der Waals surface area (Å²) in [5.41, 5.74) is 0. The van der Waals surface area contributed by atoms with Gasteiger partial charge in [-0.1, -0.05) is 13.8 Å². The highest BCUT2D eigenvalue weighted by Crippen LogP contribution is 2.17. The molecule has 1 rings (SSSR count). The van der Waals surface area contributed by atoms with E-state index in [4.69, 9.17) is 9.84 Å². The molecular formula is C13H25NO5S. The van der Waals surface area contributed by atoms with Crippen LogP contribution in [0.15, 0.2) is 0 Å². The maximum absolute atomic E-state index is 11.5. The second-order valence-corrected chi connectivity index (χ2v) is 7.94. The molecule has 0 bridgehead atoms. The number of carbonyl (C=O) groups is 1. The van der Waals surface area contributed by atoms with E-state index < -0.39 is 15.8 Å². The molecule has 0 saturated carbocycles. The first-order chi connectivity index (χ1) is 9.30. The Bertz CT molecular complexity index is 407. The Morgan fingerprint density at radius 3 is 2.60 bits per heavy atom. The number of hydrogen-bond donors (Lipinski definition) is 1. The zero-order chi connectivity index (χ0) is 15.2. The van der Waals surface area contributed by atoms with Crippen molar-refractivity contribution < 1.29 is 23.1 Å². The Balaban J connectivity index is 2.39. The summed E-state index contributed by atoms with van der Waals surface area (Å²) in [6.07, 6.45) is 1.48. The normalized spacial score (nSPS) is 21.7. The van der Waals surface area contributed by atoms with E-state index in [0.717, 1.165) is 6.42 Å². The molecule has 1 aliphatic rings. The average molecular weight is 307 g/mol. The van der Waals surface area contributed by atoms with Crippen molar-refractivity contribution in [1.29, 1.82) is 0 Å². The van der Waals surface area contributed by atoms with Gasteiger partial charge in [-0.25, -0.2) is 8.42 Å². The molecular weight excluding hydrogens is 282 g/mol. The number of carboxylic acid groups (broad SMARTS) is 1. The van der Waals surface area contributed by atoms with Gasteiger partial charge in [-0.2, -0.15) is 0 Å². The first-order valence-electron chi connectivity index (χ1n) is 7.04. The van der Waals surface area contributed by atoms with Gasteiger partial charge in [0.05, 0.1) is 24.7 Å². The van der Waals surface area contributed by atoms with Crippen LogP contribution in [-0.4, -0.2) is 68.2 Å². The third-order valence-corrected chi connectivity index (χ3v) is 5.18. The van der Waals surface area contributed by atoms with Crippen LogP contribution in [0.5, 0.6) is 0 Å². The van der Waals surface area contributed by atoms with Crippen LogP contribution in [0, 0.1) is 5.92 Å². The van der Waals surface area contributed by atoms with Crippen molar-refractivity contribution >= 4 is 15.8 Å². The minimum atomic E-state index is -3.00. The summed E-state index contributed by atoms with van der Waals surface area (Å²) in [7, 11) is -3.00. The molecule has 1 atom stereocenters. The molecule has 0 aliphatic carbocycles. The lowest BCUT2D eigenvalue weighted by molar-refractivity contribution is -0.139. The molecule has 1 fully saturated rings. The molecule has 0 radical (unpaired) electrons. The molecule has 1 heterocycles. The smallest absolute Gasteiger partial charge is 0.317 e. The van der Waals surface area contributed by atoms with Gasteiger partial charge in [-0.15, -0.1) is 0 Å². The molecule has 1 saturated heterocycles. The lowest BCUT2D eigenvalue weighted by Gasteiger charge is -2.26. The predicted molar refractivity (Wildman–Crippen MR) is 76.5 cm³/mol. The van der Waals surface area contributed by atoms with Crippen molar-refractivity contribution in [3.05, 3.63) is 0 Å². The summed E-state index contributed by atoms with van der Waals surface area (Å²) in [6.45, 7) is 5.66. The molecule has 1 aliphatic heterocycles. The Kier molecular flexibility index (Phi) is 6.91. The molecule has 20 heavy (non-hydrogen) atoms. The van der Waals surface area contributed by atoms with Crippen molar-refractivity contribution in [2.24, 2.45) is 5.92 Å². The quantitative estimate of drug-likeness (QED) is 0.629. The molecule has 6 nitrogen and oxygen atoms in total. The number of sulfone groups is 1. The lowest BCUT2D eigenvalue weighted by atomic mass is 10.1. The van der Waals surface area contributed by atoms with E-state index in [-0.39, 0.29) is 24.1 Å². The molecule has 0 aromatic carbocycles. The zero-order valence-electron chi connectivity index (χ0n) is 12.2. The predicted octanol–water partition coefficient (Wildman–Crippen LogP) is 0.623. The van der Waals surface area contributed by atoms with Crippen LogP contribution < -0.4 is 0 Å². The van der Waals surface area contributed by atoms with Crippen LogP contribution in [0.2, 0.25) is 0 Å². The van der Waals surface area contributed by atoms with E-state index in [1.165, 1.54) is 0 Å². The van der Waals surface area contributed by atoms with Gasteiger partial charge in [0, 0.05) is 19.2 Å². The van der Waals surface area contributed by atoms with Crippen LogP contribution >= 0.6 is 0 Å².